The minimum absolute atomic E-state index is 0.0240. The molecule has 0 amide bonds. The van der Waals surface area contributed by atoms with Crippen LogP contribution in [0.5, 0.6) is 5.75 Å². The predicted molar refractivity (Wildman–Crippen MR) is 94.9 cm³/mol. The molecule has 1 N–H and O–H groups in total. The van der Waals surface area contributed by atoms with Gasteiger partial charge in [0.05, 0.1) is 11.4 Å². The number of thiazole rings is 1. The number of rotatable bonds is 3. The van der Waals surface area contributed by atoms with Crippen LogP contribution in [0.1, 0.15) is 5.69 Å². The van der Waals surface area contributed by atoms with E-state index >= 15 is 0 Å². The van der Waals surface area contributed by atoms with E-state index in [2.05, 4.69) is 14.8 Å². The highest BCUT2D eigenvalue weighted by molar-refractivity contribution is 7.15. The first-order valence-electron chi connectivity index (χ1n) is 7.92. The second kappa shape index (κ2) is 6.26. The fourth-order valence-corrected chi connectivity index (χ4v) is 3.82. The number of phenolic OH excluding ortho intramolecular Hbond substituents is 1. The maximum absolute atomic E-state index is 12.1. The predicted octanol–water partition coefficient (Wildman–Crippen LogP) is 1.78. The van der Waals surface area contributed by atoms with Crippen molar-refractivity contribution in [3.05, 3.63) is 58.0 Å². The van der Waals surface area contributed by atoms with Crippen LogP contribution in [-0.2, 0) is 6.54 Å². The molecule has 4 rings (SSSR count). The molecule has 6 nitrogen and oxygen atoms in total. The number of benzene rings is 1. The van der Waals surface area contributed by atoms with Crippen molar-refractivity contribution in [2.75, 3.05) is 31.1 Å². The van der Waals surface area contributed by atoms with E-state index in [1.807, 2.05) is 23.6 Å². The van der Waals surface area contributed by atoms with Gasteiger partial charge in [0.2, 0.25) is 0 Å². The highest BCUT2D eigenvalue weighted by atomic mass is 32.1. The average molecular weight is 342 g/mol. The first kappa shape index (κ1) is 15.2. The molecule has 7 heteroatoms. The molecule has 1 aliphatic heterocycles. The molecule has 0 radical (unpaired) electrons. The van der Waals surface area contributed by atoms with Crippen LogP contribution >= 0.6 is 11.3 Å². The molecule has 0 bridgehead atoms. The number of aromatic nitrogens is 2. The van der Waals surface area contributed by atoms with E-state index in [0.29, 0.717) is 12.3 Å². The Morgan fingerprint density at radius 1 is 1.17 bits per heavy atom. The van der Waals surface area contributed by atoms with Gasteiger partial charge in [0.25, 0.3) is 5.56 Å². The van der Waals surface area contributed by atoms with Gasteiger partial charge in [0.1, 0.15) is 5.75 Å². The van der Waals surface area contributed by atoms with Crippen molar-refractivity contribution in [3.63, 3.8) is 0 Å². The van der Waals surface area contributed by atoms with Crippen molar-refractivity contribution in [2.24, 2.45) is 0 Å². The topological polar surface area (TPSA) is 61.1 Å². The van der Waals surface area contributed by atoms with E-state index < -0.39 is 0 Å². The molecule has 124 valence electrons. The van der Waals surface area contributed by atoms with Crippen molar-refractivity contribution >= 4 is 22.0 Å². The molecular formula is C17H18N4O2S. The van der Waals surface area contributed by atoms with E-state index in [-0.39, 0.29) is 5.56 Å². The lowest BCUT2D eigenvalue weighted by atomic mass is 10.2. The number of piperazine rings is 1. The van der Waals surface area contributed by atoms with Crippen molar-refractivity contribution in [2.45, 2.75) is 6.54 Å². The third-order valence-electron chi connectivity index (χ3n) is 4.34. The van der Waals surface area contributed by atoms with Crippen molar-refractivity contribution < 1.29 is 5.11 Å². The van der Waals surface area contributed by atoms with E-state index in [1.54, 1.807) is 22.7 Å². The van der Waals surface area contributed by atoms with Crippen molar-refractivity contribution in [1.29, 1.82) is 0 Å². The standard InChI is InChI=1S/C17H18N4O2S/c22-15-4-2-1-3-14(15)20-7-5-19(6-8-20)12-13-11-16(23)21-9-10-24-17(21)18-13/h1-4,9-11,22H,5-8,12H2. The highest BCUT2D eigenvalue weighted by Gasteiger charge is 2.19. The zero-order valence-electron chi connectivity index (χ0n) is 13.1. The second-order valence-corrected chi connectivity index (χ2v) is 6.77. The summed E-state index contributed by atoms with van der Waals surface area (Å²) in [7, 11) is 0. The second-order valence-electron chi connectivity index (χ2n) is 5.89. The first-order chi connectivity index (χ1) is 11.7. The summed E-state index contributed by atoms with van der Waals surface area (Å²) in [6.07, 6.45) is 1.75. The van der Waals surface area contributed by atoms with E-state index in [4.69, 9.17) is 0 Å². The number of anilines is 1. The number of hydrogen-bond donors (Lipinski definition) is 1. The Morgan fingerprint density at radius 3 is 2.75 bits per heavy atom. The number of phenols is 1. The molecule has 0 aliphatic carbocycles. The fourth-order valence-electron chi connectivity index (χ4n) is 3.08. The molecule has 1 aliphatic rings. The number of nitrogens with zero attached hydrogens (tertiary/aromatic N) is 4. The zero-order chi connectivity index (χ0) is 16.5. The average Bonchev–Trinajstić information content (AvgIpc) is 3.05. The quantitative estimate of drug-likeness (QED) is 0.786. The lowest BCUT2D eigenvalue weighted by Crippen LogP contribution is -2.46. The normalized spacial score (nSPS) is 15.9. The molecule has 2 aromatic heterocycles. The lowest BCUT2D eigenvalue weighted by molar-refractivity contribution is 0.246. The molecule has 3 heterocycles. The van der Waals surface area contributed by atoms with Crippen LogP contribution in [0, 0.1) is 0 Å². The molecule has 0 saturated carbocycles. The number of para-hydroxylation sites is 2. The van der Waals surface area contributed by atoms with Crippen molar-refractivity contribution in [3.8, 4) is 5.75 Å². The maximum Gasteiger partial charge on any atom is 0.258 e. The van der Waals surface area contributed by atoms with E-state index in [1.165, 1.54) is 11.3 Å². The van der Waals surface area contributed by atoms with Crippen LogP contribution < -0.4 is 10.5 Å². The molecule has 0 unspecified atom stereocenters. The minimum atomic E-state index is -0.0240. The third-order valence-corrected chi connectivity index (χ3v) is 5.09. The summed E-state index contributed by atoms with van der Waals surface area (Å²) >= 11 is 1.47. The van der Waals surface area contributed by atoms with E-state index in [9.17, 15) is 9.90 Å². The van der Waals surface area contributed by atoms with Crippen LogP contribution in [0.3, 0.4) is 0 Å². The van der Waals surface area contributed by atoms with Gasteiger partial charge in [-0.25, -0.2) is 4.98 Å². The van der Waals surface area contributed by atoms with Gasteiger partial charge in [0, 0.05) is 50.4 Å². The Morgan fingerprint density at radius 2 is 1.96 bits per heavy atom. The summed E-state index contributed by atoms with van der Waals surface area (Å²) < 4.78 is 1.57. The first-order valence-corrected chi connectivity index (χ1v) is 8.80. The lowest BCUT2D eigenvalue weighted by Gasteiger charge is -2.36. The summed E-state index contributed by atoms with van der Waals surface area (Å²) in [5, 5.41) is 11.8. The van der Waals surface area contributed by atoms with Gasteiger partial charge in [-0.3, -0.25) is 14.1 Å². The summed E-state index contributed by atoms with van der Waals surface area (Å²) in [6, 6.07) is 9.05. The summed E-state index contributed by atoms with van der Waals surface area (Å²) in [5.41, 5.74) is 1.68. The molecular weight excluding hydrogens is 324 g/mol. The Labute approximate surface area is 143 Å². The number of fused-ring (bicyclic) bond motifs is 1. The Bertz CT molecular complexity index is 912. The van der Waals surface area contributed by atoms with Crippen LogP contribution in [0.25, 0.3) is 4.96 Å². The van der Waals surface area contributed by atoms with Gasteiger partial charge in [-0.15, -0.1) is 11.3 Å². The van der Waals surface area contributed by atoms with Gasteiger partial charge >= 0.3 is 0 Å². The molecule has 1 saturated heterocycles. The fraction of sp³-hybridized carbons (Fsp3) is 0.294. The van der Waals surface area contributed by atoms with Crippen LogP contribution in [0.2, 0.25) is 0 Å². The van der Waals surface area contributed by atoms with Gasteiger partial charge < -0.3 is 10.0 Å². The van der Waals surface area contributed by atoms with Crippen LogP contribution in [-0.4, -0.2) is 45.6 Å². The third kappa shape index (κ3) is 2.88. The minimum Gasteiger partial charge on any atom is -0.506 e. The molecule has 0 spiro atoms. The van der Waals surface area contributed by atoms with Gasteiger partial charge in [-0.1, -0.05) is 12.1 Å². The molecule has 24 heavy (non-hydrogen) atoms. The molecule has 1 fully saturated rings. The number of aromatic hydroxyl groups is 1. The van der Waals surface area contributed by atoms with Crippen molar-refractivity contribution in [1.82, 2.24) is 14.3 Å². The largest absolute Gasteiger partial charge is 0.506 e. The van der Waals surface area contributed by atoms with Crippen LogP contribution in [0.4, 0.5) is 5.69 Å². The Hall–Kier alpha value is -2.38. The van der Waals surface area contributed by atoms with E-state index in [0.717, 1.165) is 42.5 Å². The zero-order valence-corrected chi connectivity index (χ0v) is 13.9. The summed E-state index contributed by atoms with van der Waals surface area (Å²) in [6.45, 7) is 4.12. The monoisotopic (exact) mass is 342 g/mol. The van der Waals surface area contributed by atoms with Crippen LogP contribution in [0.15, 0.2) is 46.7 Å². The van der Waals surface area contributed by atoms with Gasteiger partial charge in [-0.2, -0.15) is 0 Å². The van der Waals surface area contributed by atoms with Gasteiger partial charge in [-0.05, 0) is 12.1 Å². The Kier molecular flexibility index (Phi) is 3.95. The highest BCUT2D eigenvalue weighted by Crippen LogP contribution is 2.27. The summed E-state index contributed by atoms with van der Waals surface area (Å²) in [5.74, 6) is 0.323. The smallest absolute Gasteiger partial charge is 0.258 e. The number of hydrogen-bond acceptors (Lipinski definition) is 6. The molecule has 1 aromatic carbocycles. The van der Waals surface area contributed by atoms with Gasteiger partial charge in [0.15, 0.2) is 4.96 Å². The SMILES string of the molecule is O=c1cc(CN2CCN(c3ccccc3O)CC2)nc2sccn12. The molecule has 0 atom stereocenters. The molecule has 3 aromatic rings. The summed E-state index contributed by atoms with van der Waals surface area (Å²) in [4.78, 5) is 21.8. The maximum atomic E-state index is 12.1. The Balaban J connectivity index is 1.44.